The maximum absolute atomic E-state index is 5.84. The molecule has 5 nitrogen and oxygen atoms in total. The Hall–Kier alpha value is -2.03. The SMILES string of the molecule is CC(C)Oc1cc(C(=S)Nc2nccs2)cc(OCCc2ccsc2)n1. The predicted molar refractivity (Wildman–Crippen MR) is 111 cm³/mol. The van der Waals surface area contributed by atoms with Gasteiger partial charge in [-0.05, 0) is 36.2 Å². The molecule has 8 heteroatoms. The second kappa shape index (κ2) is 9.07. The maximum atomic E-state index is 5.84. The Labute approximate surface area is 166 Å². The number of ether oxygens (including phenoxy) is 2. The second-order valence-corrected chi connectivity index (χ2v) is 7.80. The quantitative estimate of drug-likeness (QED) is 0.544. The fraction of sp³-hybridized carbons (Fsp3) is 0.278. The Morgan fingerprint density at radius 3 is 2.81 bits per heavy atom. The fourth-order valence-electron chi connectivity index (χ4n) is 2.15. The molecule has 0 aromatic carbocycles. The number of anilines is 1. The van der Waals surface area contributed by atoms with E-state index in [0.717, 1.165) is 17.1 Å². The Bertz CT molecular complexity index is 834. The first-order valence-corrected chi connectivity index (χ1v) is 10.4. The average molecular weight is 406 g/mol. The molecule has 3 aromatic rings. The van der Waals surface area contributed by atoms with Crippen molar-refractivity contribution in [3.63, 3.8) is 0 Å². The maximum Gasteiger partial charge on any atom is 0.217 e. The van der Waals surface area contributed by atoms with Crippen LogP contribution in [0.4, 0.5) is 5.13 Å². The summed E-state index contributed by atoms with van der Waals surface area (Å²) in [4.78, 5) is 9.18. The van der Waals surface area contributed by atoms with Crippen molar-refractivity contribution in [3.8, 4) is 11.8 Å². The number of thiazole rings is 1. The number of thiophene rings is 1. The number of nitrogens with zero attached hydrogens (tertiary/aromatic N) is 2. The van der Waals surface area contributed by atoms with E-state index in [1.165, 1.54) is 16.9 Å². The Morgan fingerprint density at radius 2 is 2.12 bits per heavy atom. The van der Waals surface area contributed by atoms with Gasteiger partial charge in [0.25, 0.3) is 0 Å². The molecule has 0 aliphatic rings. The van der Waals surface area contributed by atoms with Crippen molar-refractivity contribution >= 4 is 45.0 Å². The highest BCUT2D eigenvalue weighted by atomic mass is 32.1. The van der Waals surface area contributed by atoms with Crippen LogP contribution in [0.5, 0.6) is 11.8 Å². The van der Waals surface area contributed by atoms with Gasteiger partial charge in [-0.2, -0.15) is 16.3 Å². The number of nitrogens with one attached hydrogen (secondary N) is 1. The molecule has 0 spiro atoms. The number of thiocarbonyl (C=S) groups is 1. The molecule has 0 amide bonds. The largest absolute Gasteiger partial charge is 0.477 e. The van der Waals surface area contributed by atoms with Crippen LogP contribution in [-0.2, 0) is 6.42 Å². The number of rotatable bonds is 8. The number of hydrogen-bond acceptors (Lipinski definition) is 7. The van der Waals surface area contributed by atoms with Gasteiger partial charge in [0.15, 0.2) is 5.13 Å². The van der Waals surface area contributed by atoms with E-state index < -0.39 is 0 Å². The van der Waals surface area contributed by atoms with Crippen molar-refractivity contribution in [2.24, 2.45) is 0 Å². The molecule has 0 saturated carbocycles. The molecule has 1 N–H and O–H groups in total. The molecule has 0 unspecified atom stereocenters. The lowest BCUT2D eigenvalue weighted by atomic mass is 10.2. The third kappa shape index (κ3) is 5.48. The molecule has 136 valence electrons. The van der Waals surface area contributed by atoms with Gasteiger partial charge in [0.1, 0.15) is 4.99 Å². The normalized spacial score (nSPS) is 10.7. The van der Waals surface area contributed by atoms with Crippen LogP contribution in [0.15, 0.2) is 40.5 Å². The lowest BCUT2D eigenvalue weighted by Crippen LogP contribution is -2.13. The van der Waals surface area contributed by atoms with E-state index in [1.54, 1.807) is 17.5 Å². The van der Waals surface area contributed by atoms with Gasteiger partial charge in [-0.3, -0.25) is 0 Å². The van der Waals surface area contributed by atoms with Gasteiger partial charge < -0.3 is 14.8 Å². The van der Waals surface area contributed by atoms with E-state index in [0.29, 0.717) is 23.4 Å². The summed E-state index contributed by atoms with van der Waals surface area (Å²) in [5.74, 6) is 0.989. The summed E-state index contributed by atoms with van der Waals surface area (Å²) in [6.45, 7) is 4.45. The van der Waals surface area contributed by atoms with Crippen LogP contribution in [0.25, 0.3) is 0 Å². The molecule has 0 atom stereocenters. The van der Waals surface area contributed by atoms with Gasteiger partial charge in [0.2, 0.25) is 11.8 Å². The summed E-state index contributed by atoms with van der Waals surface area (Å²) in [5, 5.41) is 9.95. The third-order valence-electron chi connectivity index (χ3n) is 3.27. The first-order valence-electron chi connectivity index (χ1n) is 8.13. The van der Waals surface area contributed by atoms with Crippen molar-refractivity contribution in [2.75, 3.05) is 11.9 Å². The van der Waals surface area contributed by atoms with E-state index >= 15 is 0 Å². The number of aromatic nitrogens is 2. The van der Waals surface area contributed by atoms with Crippen LogP contribution in [0, 0.1) is 0 Å². The van der Waals surface area contributed by atoms with Gasteiger partial charge in [-0.15, -0.1) is 11.3 Å². The topological polar surface area (TPSA) is 56.3 Å². The fourth-order valence-corrected chi connectivity index (χ4v) is 3.67. The number of pyridine rings is 1. The van der Waals surface area contributed by atoms with E-state index in [2.05, 4.69) is 32.1 Å². The molecule has 26 heavy (non-hydrogen) atoms. The summed E-state index contributed by atoms with van der Waals surface area (Å²) >= 11 is 8.67. The summed E-state index contributed by atoms with van der Waals surface area (Å²) in [6.07, 6.45) is 2.57. The molecule has 0 saturated heterocycles. The Balaban J connectivity index is 1.73. The highest BCUT2D eigenvalue weighted by molar-refractivity contribution is 7.81. The smallest absolute Gasteiger partial charge is 0.217 e. The first kappa shape index (κ1) is 18.8. The van der Waals surface area contributed by atoms with Crippen LogP contribution < -0.4 is 14.8 Å². The van der Waals surface area contributed by atoms with Crippen LogP contribution in [0.1, 0.15) is 25.0 Å². The average Bonchev–Trinajstić information content (AvgIpc) is 3.28. The molecule has 0 aliphatic heterocycles. The van der Waals surface area contributed by atoms with Crippen LogP contribution in [-0.4, -0.2) is 27.7 Å². The van der Waals surface area contributed by atoms with Gasteiger partial charge in [0, 0.05) is 35.7 Å². The van der Waals surface area contributed by atoms with Gasteiger partial charge in [-0.25, -0.2) is 4.98 Å². The zero-order valence-electron chi connectivity index (χ0n) is 14.5. The number of hydrogen-bond donors (Lipinski definition) is 1. The van der Waals surface area contributed by atoms with E-state index in [-0.39, 0.29) is 6.10 Å². The zero-order valence-corrected chi connectivity index (χ0v) is 16.9. The molecule has 0 radical (unpaired) electrons. The van der Waals surface area contributed by atoms with Gasteiger partial charge in [-0.1, -0.05) is 12.2 Å². The first-order chi connectivity index (χ1) is 12.6. The van der Waals surface area contributed by atoms with E-state index in [9.17, 15) is 0 Å². The van der Waals surface area contributed by atoms with Crippen molar-refractivity contribution in [1.29, 1.82) is 0 Å². The molecule has 3 rings (SSSR count). The minimum atomic E-state index is 0.0110. The van der Waals surface area contributed by atoms with Gasteiger partial charge in [0.05, 0.1) is 12.7 Å². The van der Waals surface area contributed by atoms with Gasteiger partial charge >= 0.3 is 0 Å². The standard InChI is InChI=1S/C18H19N3O2S3/c1-12(2)23-16-10-14(17(24)21-18-19-5-8-26-18)9-15(20-16)22-6-3-13-4-7-25-11-13/h4-5,7-12H,3,6H2,1-2H3,(H,19,21,24). The van der Waals surface area contributed by atoms with Crippen LogP contribution >= 0.6 is 34.9 Å². The molecular formula is C18H19N3O2S3. The molecular weight excluding hydrogens is 386 g/mol. The summed E-state index contributed by atoms with van der Waals surface area (Å²) in [7, 11) is 0. The summed E-state index contributed by atoms with van der Waals surface area (Å²) in [6, 6.07) is 5.73. The Morgan fingerprint density at radius 1 is 1.27 bits per heavy atom. The summed E-state index contributed by atoms with van der Waals surface area (Å²) in [5.41, 5.74) is 2.04. The minimum Gasteiger partial charge on any atom is -0.477 e. The Kier molecular flexibility index (Phi) is 6.54. The van der Waals surface area contributed by atoms with E-state index in [4.69, 9.17) is 21.7 Å². The molecule has 0 aliphatic carbocycles. The third-order valence-corrected chi connectivity index (χ3v) is 5.03. The molecule has 3 heterocycles. The molecule has 0 bridgehead atoms. The monoisotopic (exact) mass is 405 g/mol. The van der Waals surface area contributed by atoms with Crippen LogP contribution in [0.3, 0.4) is 0 Å². The van der Waals surface area contributed by atoms with Crippen molar-refractivity contribution in [3.05, 3.63) is 51.7 Å². The highest BCUT2D eigenvalue weighted by Gasteiger charge is 2.11. The predicted octanol–water partition coefficient (Wildman–Crippen LogP) is 4.80. The lowest BCUT2D eigenvalue weighted by molar-refractivity contribution is 0.226. The molecule has 3 aromatic heterocycles. The molecule has 0 fully saturated rings. The van der Waals surface area contributed by atoms with Crippen molar-refractivity contribution in [1.82, 2.24) is 9.97 Å². The van der Waals surface area contributed by atoms with Crippen molar-refractivity contribution in [2.45, 2.75) is 26.4 Å². The lowest BCUT2D eigenvalue weighted by Gasteiger charge is -2.13. The minimum absolute atomic E-state index is 0.0110. The van der Waals surface area contributed by atoms with E-state index in [1.807, 2.05) is 31.4 Å². The second-order valence-electron chi connectivity index (χ2n) is 5.72. The zero-order chi connectivity index (χ0) is 18.4. The van der Waals surface area contributed by atoms with Crippen molar-refractivity contribution < 1.29 is 9.47 Å². The van der Waals surface area contributed by atoms with Crippen LogP contribution in [0.2, 0.25) is 0 Å². The highest BCUT2D eigenvalue weighted by Crippen LogP contribution is 2.22. The summed E-state index contributed by atoms with van der Waals surface area (Å²) < 4.78 is 11.6.